The van der Waals surface area contributed by atoms with Crippen molar-refractivity contribution in [1.29, 1.82) is 0 Å². The number of carbonyl (C=O) groups is 1. The number of Topliss-reactive ketones (excluding diaryl/α,β-unsaturated/α-hetero) is 1. The van der Waals surface area contributed by atoms with Gasteiger partial charge in [0.05, 0.1) is 7.11 Å². The molecule has 1 aliphatic rings. The minimum atomic E-state index is 0.260. The number of ketones is 1. The molecule has 3 nitrogen and oxygen atoms in total. The van der Waals surface area contributed by atoms with Crippen LogP contribution in [0.25, 0.3) is 0 Å². The van der Waals surface area contributed by atoms with Gasteiger partial charge in [0.15, 0.2) is 5.78 Å². The van der Waals surface area contributed by atoms with Gasteiger partial charge in [0.25, 0.3) is 0 Å². The van der Waals surface area contributed by atoms with Crippen molar-refractivity contribution in [3.8, 4) is 0 Å². The van der Waals surface area contributed by atoms with Gasteiger partial charge in [-0.15, -0.1) is 0 Å². The summed E-state index contributed by atoms with van der Waals surface area (Å²) >= 11 is 0. The predicted molar refractivity (Wildman–Crippen MR) is 55.5 cm³/mol. The summed E-state index contributed by atoms with van der Waals surface area (Å²) in [5.41, 5.74) is 3.07. The Labute approximate surface area is 88.9 Å². The second kappa shape index (κ2) is 4.55. The number of hydrogen-bond donors (Lipinski definition) is 0. The molecule has 15 heavy (non-hydrogen) atoms. The molecule has 3 heteroatoms. The van der Waals surface area contributed by atoms with Crippen molar-refractivity contribution in [3.05, 3.63) is 34.9 Å². The average Bonchev–Trinajstić information content (AvgIpc) is 2.26. The van der Waals surface area contributed by atoms with Crippen LogP contribution in [-0.4, -0.2) is 12.9 Å². The van der Waals surface area contributed by atoms with Crippen molar-refractivity contribution in [2.24, 2.45) is 0 Å². The van der Waals surface area contributed by atoms with Crippen LogP contribution in [0.15, 0.2) is 18.2 Å². The Morgan fingerprint density at radius 3 is 3.00 bits per heavy atom. The lowest BCUT2D eigenvalue weighted by Crippen LogP contribution is -2.11. The maximum atomic E-state index is 11.6. The van der Waals surface area contributed by atoms with Crippen LogP contribution in [0.2, 0.25) is 0 Å². The molecule has 1 aromatic carbocycles. The van der Waals surface area contributed by atoms with Gasteiger partial charge in [0.2, 0.25) is 0 Å². The molecule has 1 aliphatic carbocycles. The highest BCUT2D eigenvalue weighted by atomic mass is 17.2. The summed E-state index contributed by atoms with van der Waals surface area (Å²) < 4.78 is 0. The van der Waals surface area contributed by atoms with Crippen molar-refractivity contribution < 1.29 is 14.6 Å². The van der Waals surface area contributed by atoms with Crippen LogP contribution in [-0.2, 0) is 22.8 Å². The molecule has 0 amide bonds. The first-order valence-electron chi connectivity index (χ1n) is 5.12. The normalized spacial score (nSPS) is 15.1. The fourth-order valence-corrected chi connectivity index (χ4v) is 1.92. The van der Waals surface area contributed by atoms with Crippen molar-refractivity contribution >= 4 is 5.78 Å². The van der Waals surface area contributed by atoms with E-state index in [2.05, 4.69) is 4.89 Å². The third kappa shape index (κ3) is 2.25. The summed E-state index contributed by atoms with van der Waals surface area (Å²) in [6.45, 7) is 0.429. The van der Waals surface area contributed by atoms with Gasteiger partial charge >= 0.3 is 0 Å². The van der Waals surface area contributed by atoms with Gasteiger partial charge in [-0.05, 0) is 24.0 Å². The maximum Gasteiger partial charge on any atom is 0.163 e. The molecule has 2 rings (SSSR count). The molecule has 0 saturated carbocycles. The standard InChI is InChI=1S/C12H14O3/c1-14-15-8-9-5-6-11-10(7-9)3-2-4-12(11)13/h5-7H,2-4,8H2,1H3. The second-order valence-electron chi connectivity index (χ2n) is 3.70. The molecule has 0 radical (unpaired) electrons. The maximum absolute atomic E-state index is 11.6. The van der Waals surface area contributed by atoms with Gasteiger partial charge in [-0.3, -0.25) is 4.79 Å². The molecule has 0 heterocycles. The third-order valence-electron chi connectivity index (χ3n) is 2.66. The van der Waals surface area contributed by atoms with E-state index in [0.29, 0.717) is 13.0 Å². The topological polar surface area (TPSA) is 35.5 Å². The predicted octanol–water partition coefficient (Wildman–Crippen LogP) is 2.28. The van der Waals surface area contributed by atoms with Crippen LogP contribution >= 0.6 is 0 Å². The monoisotopic (exact) mass is 206 g/mol. The number of carbonyl (C=O) groups excluding carboxylic acids is 1. The van der Waals surface area contributed by atoms with E-state index < -0.39 is 0 Å². The van der Waals surface area contributed by atoms with E-state index in [1.54, 1.807) is 0 Å². The average molecular weight is 206 g/mol. The van der Waals surface area contributed by atoms with Crippen LogP contribution in [0.3, 0.4) is 0 Å². The first-order valence-corrected chi connectivity index (χ1v) is 5.12. The van der Waals surface area contributed by atoms with E-state index in [-0.39, 0.29) is 5.78 Å². The van der Waals surface area contributed by atoms with E-state index in [0.717, 1.165) is 29.5 Å². The van der Waals surface area contributed by atoms with Crippen LogP contribution in [0, 0.1) is 0 Å². The third-order valence-corrected chi connectivity index (χ3v) is 2.66. The first kappa shape index (κ1) is 10.3. The number of fused-ring (bicyclic) bond motifs is 1. The highest BCUT2D eigenvalue weighted by molar-refractivity contribution is 5.98. The fourth-order valence-electron chi connectivity index (χ4n) is 1.92. The number of benzene rings is 1. The smallest absolute Gasteiger partial charge is 0.163 e. The van der Waals surface area contributed by atoms with Crippen molar-refractivity contribution in [3.63, 3.8) is 0 Å². The molecule has 1 aromatic rings. The molecule has 0 spiro atoms. The zero-order valence-corrected chi connectivity index (χ0v) is 8.79. The summed E-state index contributed by atoms with van der Waals surface area (Å²) in [6, 6.07) is 5.84. The highest BCUT2D eigenvalue weighted by Gasteiger charge is 2.16. The van der Waals surface area contributed by atoms with Gasteiger partial charge in [-0.25, -0.2) is 9.78 Å². The second-order valence-corrected chi connectivity index (χ2v) is 3.70. The van der Waals surface area contributed by atoms with Crippen molar-refractivity contribution in [1.82, 2.24) is 0 Å². The fraction of sp³-hybridized carbons (Fsp3) is 0.417. The molecule has 0 saturated heterocycles. The molecule has 0 atom stereocenters. The van der Waals surface area contributed by atoms with Crippen LogP contribution in [0.4, 0.5) is 0 Å². The Bertz CT molecular complexity index is 371. The van der Waals surface area contributed by atoms with E-state index in [1.807, 2.05) is 18.2 Å². The summed E-state index contributed by atoms with van der Waals surface area (Å²) in [4.78, 5) is 21.0. The zero-order valence-electron chi connectivity index (χ0n) is 8.79. The molecule has 0 aromatic heterocycles. The quantitative estimate of drug-likeness (QED) is 0.562. The number of rotatable bonds is 3. The Kier molecular flexibility index (Phi) is 3.14. The summed E-state index contributed by atoms with van der Waals surface area (Å²) in [5.74, 6) is 0.260. The van der Waals surface area contributed by atoms with Crippen molar-refractivity contribution in [2.75, 3.05) is 7.11 Å². The Morgan fingerprint density at radius 2 is 2.20 bits per heavy atom. The Morgan fingerprint density at radius 1 is 1.33 bits per heavy atom. The highest BCUT2D eigenvalue weighted by Crippen LogP contribution is 2.22. The summed E-state index contributed by atoms with van der Waals surface area (Å²) in [5, 5.41) is 0. The van der Waals surface area contributed by atoms with E-state index in [9.17, 15) is 4.79 Å². The van der Waals surface area contributed by atoms with Crippen molar-refractivity contribution in [2.45, 2.75) is 25.9 Å². The van der Waals surface area contributed by atoms with Gasteiger partial charge in [0, 0.05) is 12.0 Å². The minimum Gasteiger partial charge on any atom is -0.294 e. The lowest BCUT2D eigenvalue weighted by atomic mass is 9.89. The SMILES string of the molecule is COOCc1ccc2c(c1)CCCC2=O. The van der Waals surface area contributed by atoms with Gasteiger partial charge < -0.3 is 0 Å². The molecule has 80 valence electrons. The first-order chi connectivity index (χ1) is 7.31. The van der Waals surface area contributed by atoms with Gasteiger partial charge in [-0.2, -0.15) is 0 Å². The van der Waals surface area contributed by atoms with E-state index in [1.165, 1.54) is 7.11 Å². The molecule has 0 unspecified atom stereocenters. The molecule has 0 N–H and O–H groups in total. The van der Waals surface area contributed by atoms with Crippen LogP contribution in [0.5, 0.6) is 0 Å². The zero-order chi connectivity index (χ0) is 10.7. The Balaban J connectivity index is 2.21. The lowest BCUT2D eigenvalue weighted by Gasteiger charge is -2.15. The van der Waals surface area contributed by atoms with E-state index >= 15 is 0 Å². The van der Waals surface area contributed by atoms with E-state index in [4.69, 9.17) is 4.89 Å². The molecular weight excluding hydrogens is 192 g/mol. The van der Waals surface area contributed by atoms with Gasteiger partial charge in [-0.1, -0.05) is 18.2 Å². The van der Waals surface area contributed by atoms with Crippen LogP contribution in [0.1, 0.15) is 34.3 Å². The largest absolute Gasteiger partial charge is 0.294 e. The number of aryl methyl sites for hydroxylation is 1. The summed E-state index contributed by atoms with van der Waals surface area (Å²) in [6.07, 6.45) is 2.63. The summed E-state index contributed by atoms with van der Waals surface area (Å²) in [7, 11) is 1.49. The Hall–Kier alpha value is -1.19. The van der Waals surface area contributed by atoms with Crippen LogP contribution < -0.4 is 0 Å². The minimum absolute atomic E-state index is 0.260. The number of hydrogen-bond acceptors (Lipinski definition) is 3. The lowest BCUT2D eigenvalue weighted by molar-refractivity contribution is -0.282. The molecule has 0 bridgehead atoms. The molecular formula is C12H14O3. The molecule has 0 aliphatic heterocycles. The molecule has 0 fully saturated rings. The van der Waals surface area contributed by atoms with Gasteiger partial charge in [0.1, 0.15) is 6.61 Å².